The van der Waals surface area contributed by atoms with Crippen LogP contribution in [0.25, 0.3) is 5.69 Å². The van der Waals surface area contributed by atoms with Crippen LogP contribution in [0.15, 0.2) is 47.6 Å². The SMILES string of the molecule is CCC(C)C(=O)NCc1nnc(SCc2cccc(OC)c2)n1-c1cc(Cl)ccc1C. The molecule has 1 aromatic heterocycles. The van der Waals surface area contributed by atoms with Crippen molar-refractivity contribution in [3.8, 4) is 11.4 Å². The van der Waals surface area contributed by atoms with Gasteiger partial charge < -0.3 is 10.1 Å². The Bertz CT molecular complexity index is 1050. The number of halogens is 1. The molecular formula is C23H27ClN4O2S. The van der Waals surface area contributed by atoms with E-state index in [-0.39, 0.29) is 11.8 Å². The number of nitrogens with zero attached hydrogens (tertiary/aromatic N) is 3. The Labute approximate surface area is 192 Å². The van der Waals surface area contributed by atoms with E-state index in [1.165, 1.54) is 0 Å². The van der Waals surface area contributed by atoms with Crippen LogP contribution in [0, 0.1) is 12.8 Å². The predicted molar refractivity (Wildman–Crippen MR) is 125 cm³/mol. The van der Waals surface area contributed by atoms with Crippen molar-refractivity contribution in [3.63, 3.8) is 0 Å². The maximum atomic E-state index is 12.3. The van der Waals surface area contributed by atoms with E-state index in [4.69, 9.17) is 16.3 Å². The molecule has 0 aliphatic heterocycles. The van der Waals surface area contributed by atoms with Gasteiger partial charge in [-0.15, -0.1) is 10.2 Å². The van der Waals surface area contributed by atoms with Crippen molar-refractivity contribution in [2.75, 3.05) is 7.11 Å². The number of methoxy groups -OCH3 is 1. The zero-order valence-electron chi connectivity index (χ0n) is 18.2. The van der Waals surface area contributed by atoms with E-state index in [9.17, 15) is 4.79 Å². The molecule has 0 fully saturated rings. The van der Waals surface area contributed by atoms with E-state index in [0.29, 0.717) is 23.1 Å². The van der Waals surface area contributed by atoms with Gasteiger partial charge >= 0.3 is 0 Å². The van der Waals surface area contributed by atoms with Gasteiger partial charge in [-0.05, 0) is 48.7 Å². The average Bonchev–Trinajstić information content (AvgIpc) is 3.19. The summed E-state index contributed by atoms with van der Waals surface area (Å²) < 4.78 is 7.29. The number of hydrogen-bond donors (Lipinski definition) is 1. The van der Waals surface area contributed by atoms with Crippen LogP contribution < -0.4 is 10.1 Å². The van der Waals surface area contributed by atoms with Gasteiger partial charge in [0, 0.05) is 16.7 Å². The largest absolute Gasteiger partial charge is 0.497 e. The summed E-state index contributed by atoms with van der Waals surface area (Å²) in [6.45, 7) is 6.22. The molecular weight excluding hydrogens is 432 g/mol. The third kappa shape index (κ3) is 5.80. The molecule has 1 atom stereocenters. The molecule has 3 rings (SSSR count). The lowest BCUT2D eigenvalue weighted by Gasteiger charge is -2.15. The van der Waals surface area contributed by atoms with E-state index >= 15 is 0 Å². The molecule has 0 spiro atoms. The predicted octanol–water partition coefficient (Wildman–Crippen LogP) is 5.19. The third-order valence-electron chi connectivity index (χ3n) is 5.10. The number of nitrogens with one attached hydrogen (secondary N) is 1. The first-order valence-electron chi connectivity index (χ1n) is 10.2. The maximum Gasteiger partial charge on any atom is 0.223 e. The van der Waals surface area contributed by atoms with Crippen molar-refractivity contribution in [2.45, 2.75) is 44.6 Å². The van der Waals surface area contributed by atoms with Crippen molar-refractivity contribution in [3.05, 3.63) is 64.4 Å². The summed E-state index contributed by atoms with van der Waals surface area (Å²) in [6, 6.07) is 13.7. The number of carbonyl (C=O) groups excluding carboxylic acids is 1. The Morgan fingerprint density at radius 2 is 2.06 bits per heavy atom. The first kappa shape index (κ1) is 23.2. The number of ether oxygens (including phenoxy) is 1. The summed E-state index contributed by atoms with van der Waals surface area (Å²) in [5.74, 6) is 2.14. The van der Waals surface area contributed by atoms with Gasteiger partial charge in [0.25, 0.3) is 0 Å². The zero-order valence-corrected chi connectivity index (χ0v) is 19.8. The average molecular weight is 459 g/mol. The van der Waals surface area contributed by atoms with Crippen LogP contribution in [-0.4, -0.2) is 27.8 Å². The number of rotatable bonds is 9. The number of aromatic nitrogens is 3. The summed E-state index contributed by atoms with van der Waals surface area (Å²) in [5, 5.41) is 13.1. The third-order valence-corrected chi connectivity index (χ3v) is 6.33. The molecule has 0 saturated heterocycles. The lowest BCUT2D eigenvalue weighted by atomic mass is 10.1. The first-order chi connectivity index (χ1) is 14.9. The van der Waals surface area contributed by atoms with Crippen LogP contribution in [0.1, 0.15) is 37.2 Å². The molecule has 31 heavy (non-hydrogen) atoms. The van der Waals surface area contributed by atoms with E-state index < -0.39 is 0 Å². The normalized spacial score (nSPS) is 11.9. The Kier molecular flexibility index (Phi) is 7.98. The minimum atomic E-state index is -0.0498. The topological polar surface area (TPSA) is 69.0 Å². The van der Waals surface area contributed by atoms with Gasteiger partial charge in [-0.1, -0.05) is 55.4 Å². The number of thioether (sulfide) groups is 1. The van der Waals surface area contributed by atoms with Crippen LogP contribution in [0.3, 0.4) is 0 Å². The van der Waals surface area contributed by atoms with Gasteiger partial charge in [0.2, 0.25) is 5.91 Å². The van der Waals surface area contributed by atoms with Crippen LogP contribution in [0.2, 0.25) is 5.02 Å². The minimum Gasteiger partial charge on any atom is -0.497 e. The molecule has 1 N–H and O–H groups in total. The molecule has 3 aromatic rings. The van der Waals surface area contributed by atoms with E-state index in [2.05, 4.69) is 15.5 Å². The Balaban J connectivity index is 1.90. The monoisotopic (exact) mass is 458 g/mol. The van der Waals surface area contributed by atoms with Crippen molar-refractivity contribution in [1.82, 2.24) is 20.1 Å². The molecule has 0 bridgehead atoms. The standard InChI is InChI=1S/C23H27ClN4O2S/c1-5-15(2)22(29)25-13-21-26-27-23(28(21)20-12-18(24)10-9-16(20)3)31-14-17-7-6-8-19(11-17)30-4/h6-12,15H,5,13-14H2,1-4H3,(H,25,29). The Morgan fingerprint density at radius 3 is 2.81 bits per heavy atom. The number of amides is 1. The second-order valence-electron chi connectivity index (χ2n) is 7.33. The van der Waals surface area contributed by atoms with Crippen LogP contribution in [-0.2, 0) is 17.1 Å². The first-order valence-corrected chi connectivity index (χ1v) is 11.5. The van der Waals surface area contributed by atoms with Gasteiger partial charge in [0.15, 0.2) is 11.0 Å². The van der Waals surface area contributed by atoms with E-state index in [1.807, 2.05) is 67.8 Å². The fraction of sp³-hybridized carbons (Fsp3) is 0.348. The van der Waals surface area contributed by atoms with Gasteiger partial charge in [-0.2, -0.15) is 0 Å². The Hall–Kier alpha value is -2.51. The number of benzene rings is 2. The molecule has 164 valence electrons. The van der Waals surface area contributed by atoms with Crippen LogP contribution >= 0.6 is 23.4 Å². The fourth-order valence-electron chi connectivity index (χ4n) is 3.01. The molecule has 8 heteroatoms. The van der Waals surface area contributed by atoms with Crippen molar-refractivity contribution >= 4 is 29.3 Å². The summed E-state index contributed by atoms with van der Waals surface area (Å²) in [6.07, 6.45) is 0.785. The molecule has 6 nitrogen and oxygen atoms in total. The van der Waals surface area contributed by atoms with Gasteiger partial charge in [0.1, 0.15) is 5.75 Å². The zero-order chi connectivity index (χ0) is 22.4. The fourth-order valence-corrected chi connectivity index (χ4v) is 4.08. The summed E-state index contributed by atoms with van der Waals surface area (Å²) in [5.41, 5.74) is 3.06. The molecule has 1 unspecified atom stereocenters. The summed E-state index contributed by atoms with van der Waals surface area (Å²) in [4.78, 5) is 12.3. The van der Waals surface area contributed by atoms with Gasteiger partial charge in [-0.3, -0.25) is 9.36 Å². The lowest BCUT2D eigenvalue weighted by Crippen LogP contribution is -2.29. The molecule has 1 heterocycles. The lowest BCUT2D eigenvalue weighted by molar-refractivity contribution is -0.124. The number of aryl methyl sites for hydroxylation is 1. The van der Waals surface area contributed by atoms with Crippen molar-refractivity contribution in [1.29, 1.82) is 0 Å². The molecule has 0 aliphatic rings. The minimum absolute atomic E-state index is 0.00505. The van der Waals surface area contributed by atoms with Crippen LogP contribution in [0.4, 0.5) is 0 Å². The highest BCUT2D eigenvalue weighted by atomic mass is 35.5. The smallest absolute Gasteiger partial charge is 0.223 e. The second-order valence-corrected chi connectivity index (χ2v) is 8.71. The van der Waals surface area contributed by atoms with E-state index in [1.54, 1.807) is 18.9 Å². The highest BCUT2D eigenvalue weighted by molar-refractivity contribution is 7.98. The van der Waals surface area contributed by atoms with Gasteiger partial charge in [-0.25, -0.2) is 0 Å². The van der Waals surface area contributed by atoms with Gasteiger partial charge in [0.05, 0.1) is 19.3 Å². The highest BCUT2D eigenvalue weighted by Crippen LogP contribution is 2.29. The van der Waals surface area contributed by atoms with E-state index in [0.717, 1.165) is 34.1 Å². The van der Waals surface area contributed by atoms with Crippen molar-refractivity contribution < 1.29 is 9.53 Å². The quantitative estimate of drug-likeness (QED) is 0.447. The molecule has 0 saturated carbocycles. The second kappa shape index (κ2) is 10.7. The number of carbonyl (C=O) groups is 1. The molecule has 1 amide bonds. The summed E-state index contributed by atoms with van der Waals surface area (Å²) in [7, 11) is 1.66. The number of hydrogen-bond acceptors (Lipinski definition) is 5. The molecule has 0 aliphatic carbocycles. The highest BCUT2D eigenvalue weighted by Gasteiger charge is 2.18. The molecule has 2 aromatic carbocycles. The maximum absolute atomic E-state index is 12.3. The van der Waals surface area contributed by atoms with Crippen molar-refractivity contribution in [2.24, 2.45) is 5.92 Å². The Morgan fingerprint density at radius 1 is 1.26 bits per heavy atom. The van der Waals surface area contributed by atoms with Crippen LogP contribution in [0.5, 0.6) is 5.75 Å². The molecule has 0 radical (unpaired) electrons. The summed E-state index contributed by atoms with van der Waals surface area (Å²) >= 11 is 7.86.